The molecule has 11 heavy (non-hydrogen) atoms. The van der Waals surface area contributed by atoms with Crippen molar-refractivity contribution in [3.05, 3.63) is 27.3 Å². The molecule has 0 aliphatic carbocycles. The molecule has 2 N–H and O–H groups in total. The van der Waals surface area contributed by atoms with Crippen molar-refractivity contribution < 1.29 is 0 Å². The maximum atomic E-state index is 5.65. The summed E-state index contributed by atoms with van der Waals surface area (Å²) in [6, 6.07) is 6.24. The van der Waals surface area contributed by atoms with Crippen LogP contribution < -0.4 is 5.73 Å². The van der Waals surface area contributed by atoms with Crippen LogP contribution >= 0.6 is 19.8 Å². The molecule has 2 heteroatoms. The normalized spacial score (nSPS) is 11.4. The Bertz CT molecular complexity index is 256. The molecular formula is C9H14IN. The molecule has 1 nitrogen and oxygen atoms in total. The van der Waals surface area contributed by atoms with Crippen LogP contribution in [0.1, 0.15) is 5.56 Å². The van der Waals surface area contributed by atoms with Crippen LogP contribution in [0.5, 0.6) is 0 Å². The number of anilines is 1. The minimum absolute atomic E-state index is 0.803. The molecule has 0 aliphatic heterocycles. The molecule has 0 unspecified atom stereocenters. The average Bonchev–Trinajstić information content (AvgIpc) is 1.85. The van der Waals surface area contributed by atoms with Gasteiger partial charge >= 0.3 is 75.4 Å². The first kappa shape index (κ1) is 8.84. The van der Waals surface area contributed by atoms with E-state index in [0.717, 1.165) is 5.69 Å². The molecule has 62 valence electrons. The van der Waals surface area contributed by atoms with Gasteiger partial charge in [0.2, 0.25) is 0 Å². The predicted molar refractivity (Wildman–Crippen MR) is 60.2 cm³/mol. The van der Waals surface area contributed by atoms with Gasteiger partial charge in [-0.15, -0.1) is 0 Å². The monoisotopic (exact) mass is 263 g/mol. The SMILES string of the molecule is Cc1cc(N)ccc1I(C)C. The number of nitrogen functional groups attached to an aromatic ring is 1. The van der Waals surface area contributed by atoms with Gasteiger partial charge in [-0.05, 0) is 0 Å². The summed E-state index contributed by atoms with van der Waals surface area (Å²) in [6.45, 7) is 2.14. The van der Waals surface area contributed by atoms with Gasteiger partial charge in [0.1, 0.15) is 0 Å². The Kier molecular flexibility index (Phi) is 2.76. The van der Waals surface area contributed by atoms with E-state index in [4.69, 9.17) is 5.73 Å². The Hall–Kier alpha value is -0.250. The molecule has 0 heterocycles. The van der Waals surface area contributed by atoms with Crippen molar-refractivity contribution in [2.24, 2.45) is 0 Å². The van der Waals surface area contributed by atoms with Crippen molar-refractivity contribution in [3.8, 4) is 0 Å². The summed E-state index contributed by atoms with van der Waals surface area (Å²) in [5.74, 6) is 0. The van der Waals surface area contributed by atoms with Crippen molar-refractivity contribution >= 4 is 25.5 Å². The Morgan fingerprint density at radius 3 is 2.36 bits per heavy atom. The van der Waals surface area contributed by atoms with Crippen molar-refractivity contribution in [3.63, 3.8) is 0 Å². The van der Waals surface area contributed by atoms with Crippen LogP contribution in [0, 0.1) is 10.5 Å². The summed E-state index contributed by atoms with van der Waals surface area (Å²) < 4.78 is 1.54. The van der Waals surface area contributed by atoms with E-state index in [1.807, 2.05) is 6.07 Å². The zero-order valence-corrected chi connectivity index (χ0v) is 9.34. The van der Waals surface area contributed by atoms with Crippen LogP contribution in [0.3, 0.4) is 0 Å². The average molecular weight is 263 g/mol. The predicted octanol–water partition coefficient (Wildman–Crippen LogP) is 2.51. The number of rotatable bonds is 1. The van der Waals surface area contributed by atoms with Crippen molar-refractivity contribution in [1.29, 1.82) is 0 Å². The van der Waals surface area contributed by atoms with Gasteiger partial charge in [-0.25, -0.2) is 0 Å². The summed E-state index contributed by atoms with van der Waals surface area (Å²) in [4.78, 5) is 4.70. The molecular weight excluding hydrogens is 249 g/mol. The third kappa shape index (κ3) is 2.09. The van der Waals surface area contributed by atoms with E-state index in [1.54, 1.807) is 3.57 Å². The molecule has 1 aromatic rings. The second-order valence-corrected chi connectivity index (χ2v) is 8.24. The van der Waals surface area contributed by atoms with Crippen LogP contribution in [-0.4, -0.2) is 9.86 Å². The van der Waals surface area contributed by atoms with E-state index in [1.165, 1.54) is 5.56 Å². The summed E-state index contributed by atoms with van der Waals surface area (Å²) in [5, 5.41) is 0. The fourth-order valence-electron chi connectivity index (χ4n) is 1.09. The molecule has 0 radical (unpaired) electrons. The van der Waals surface area contributed by atoms with Crippen LogP contribution in [0.2, 0.25) is 0 Å². The van der Waals surface area contributed by atoms with Gasteiger partial charge in [0.25, 0.3) is 0 Å². The van der Waals surface area contributed by atoms with E-state index in [0.29, 0.717) is 0 Å². The van der Waals surface area contributed by atoms with Crippen LogP contribution in [0.4, 0.5) is 5.69 Å². The Balaban J connectivity index is 3.09. The van der Waals surface area contributed by atoms with Crippen molar-refractivity contribution in [2.45, 2.75) is 6.92 Å². The summed E-state index contributed by atoms with van der Waals surface area (Å²) in [6.07, 6.45) is 0. The number of hydrogen-bond donors (Lipinski definition) is 1. The Labute approximate surface area is 75.4 Å². The fraction of sp³-hybridized carbons (Fsp3) is 0.333. The van der Waals surface area contributed by atoms with Crippen molar-refractivity contribution in [1.82, 2.24) is 0 Å². The molecule has 1 rings (SSSR count). The topological polar surface area (TPSA) is 26.0 Å². The van der Waals surface area contributed by atoms with Gasteiger partial charge in [0.15, 0.2) is 0 Å². The van der Waals surface area contributed by atoms with Gasteiger partial charge in [-0.3, -0.25) is 0 Å². The zero-order chi connectivity index (χ0) is 8.43. The zero-order valence-electron chi connectivity index (χ0n) is 7.19. The standard InChI is InChI=1S/C9H14IN/c1-7-6-8(11)4-5-9(7)10(2)3/h4-6H,11H2,1-3H3. The van der Waals surface area contributed by atoms with E-state index in [2.05, 4.69) is 28.9 Å². The van der Waals surface area contributed by atoms with Crippen LogP contribution in [-0.2, 0) is 0 Å². The molecule has 0 fully saturated rings. The second-order valence-electron chi connectivity index (χ2n) is 2.76. The number of aryl methyl sites for hydroxylation is 1. The molecule has 0 aliphatic rings. The Morgan fingerprint density at radius 1 is 1.27 bits per heavy atom. The molecule has 1 aromatic carbocycles. The first-order valence-corrected chi connectivity index (χ1v) is 8.87. The first-order valence-electron chi connectivity index (χ1n) is 3.47. The van der Waals surface area contributed by atoms with Gasteiger partial charge in [0, 0.05) is 0 Å². The third-order valence-corrected chi connectivity index (χ3v) is 5.12. The first-order chi connectivity index (χ1) is 5.11. The second kappa shape index (κ2) is 3.43. The quantitative estimate of drug-likeness (QED) is 0.470. The molecule has 0 saturated heterocycles. The van der Waals surface area contributed by atoms with E-state index < -0.39 is 19.8 Å². The number of halogens is 1. The van der Waals surface area contributed by atoms with Crippen molar-refractivity contribution in [2.75, 3.05) is 15.6 Å². The minimum atomic E-state index is -0.803. The van der Waals surface area contributed by atoms with Crippen LogP contribution in [0.15, 0.2) is 18.2 Å². The summed E-state index contributed by atoms with van der Waals surface area (Å²) in [5.41, 5.74) is 7.89. The van der Waals surface area contributed by atoms with Gasteiger partial charge in [0.05, 0.1) is 0 Å². The fourth-order valence-corrected chi connectivity index (χ4v) is 3.85. The number of alkyl halides is 2. The molecule has 0 spiro atoms. The van der Waals surface area contributed by atoms with Crippen LogP contribution in [0.25, 0.3) is 0 Å². The molecule has 0 aromatic heterocycles. The van der Waals surface area contributed by atoms with Gasteiger partial charge in [-0.1, -0.05) is 0 Å². The summed E-state index contributed by atoms with van der Waals surface area (Å²) in [7, 11) is 0. The van der Waals surface area contributed by atoms with Gasteiger partial charge in [-0.2, -0.15) is 0 Å². The number of hydrogen-bond acceptors (Lipinski definition) is 1. The number of nitrogens with two attached hydrogens (primary N) is 1. The molecule has 0 bridgehead atoms. The van der Waals surface area contributed by atoms with E-state index in [9.17, 15) is 0 Å². The molecule has 0 atom stereocenters. The van der Waals surface area contributed by atoms with Gasteiger partial charge < -0.3 is 0 Å². The third-order valence-electron chi connectivity index (χ3n) is 1.59. The van der Waals surface area contributed by atoms with E-state index >= 15 is 0 Å². The maximum absolute atomic E-state index is 5.65. The number of benzene rings is 1. The molecule has 0 saturated carbocycles. The Morgan fingerprint density at radius 2 is 1.91 bits per heavy atom. The summed E-state index contributed by atoms with van der Waals surface area (Å²) >= 11 is -0.803. The molecule has 0 amide bonds. The van der Waals surface area contributed by atoms with E-state index in [-0.39, 0.29) is 0 Å².